The maximum atomic E-state index is 12.3. The first-order chi connectivity index (χ1) is 17.8. The summed E-state index contributed by atoms with van der Waals surface area (Å²) in [5, 5.41) is 10.3. The number of aliphatic hydroxyl groups excluding tert-OH is 1. The standard InChI is InChI=1S/C25H28ClN7O3S/c1-15(18-4-3-16(14-34)9-19(18)26)36-24-22(23(27)35)37-25(30-24)20-10-29-21-11-28-17(13-33(20)21)12-32-7-5-31(2)6-8-32/h3-4,9-11,13,15,34H,5-8,12,14H2,1-2H3,(H2,27,35). The van der Waals surface area contributed by atoms with Gasteiger partial charge < -0.3 is 20.5 Å². The number of hydrogen-bond donors (Lipinski definition) is 2. The van der Waals surface area contributed by atoms with Crippen LogP contribution < -0.4 is 10.5 Å². The summed E-state index contributed by atoms with van der Waals surface area (Å²) in [7, 11) is 2.13. The van der Waals surface area contributed by atoms with Crippen molar-refractivity contribution >= 4 is 34.5 Å². The zero-order chi connectivity index (χ0) is 26.1. The highest BCUT2D eigenvalue weighted by Gasteiger charge is 2.24. The van der Waals surface area contributed by atoms with Gasteiger partial charge in [-0.15, -0.1) is 11.3 Å². The number of thiazole rings is 1. The summed E-state index contributed by atoms with van der Waals surface area (Å²) < 4.78 is 8.00. The van der Waals surface area contributed by atoms with Gasteiger partial charge in [-0.05, 0) is 25.6 Å². The molecule has 3 N–H and O–H groups in total. The van der Waals surface area contributed by atoms with Crippen molar-refractivity contribution in [2.75, 3.05) is 33.2 Å². The zero-order valence-corrected chi connectivity index (χ0v) is 22.2. The Kier molecular flexibility index (Phi) is 7.40. The van der Waals surface area contributed by atoms with E-state index >= 15 is 0 Å². The second kappa shape index (κ2) is 10.7. The molecule has 1 aliphatic rings. The summed E-state index contributed by atoms with van der Waals surface area (Å²) in [6, 6.07) is 5.24. The van der Waals surface area contributed by atoms with E-state index in [-0.39, 0.29) is 17.4 Å². The van der Waals surface area contributed by atoms with Crippen molar-refractivity contribution in [1.29, 1.82) is 0 Å². The van der Waals surface area contributed by atoms with E-state index in [1.165, 1.54) is 0 Å². The van der Waals surface area contributed by atoms with Crippen LogP contribution in [-0.2, 0) is 13.2 Å². The van der Waals surface area contributed by atoms with Crippen LogP contribution in [0.25, 0.3) is 16.3 Å². The number of benzene rings is 1. The Morgan fingerprint density at radius 3 is 2.73 bits per heavy atom. The van der Waals surface area contributed by atoms with Crippen molar-refractivity contribution in [1.82, 2.24) is 29.2 Å². The van der Waals surface area contributed by atoms with Crippen molar-refractivity contribution in [3.05, 3.63) is 63.5 Å². The number of nitrogens with zero attached hydrogens (tertiary/aromatic N) is 6. The number of hydrogen-bond acceptors (Lipinski definition) is 9. The Balaban J connectivity index is 1.42. The Morgan fingerprint density at radius 2 is 2.03 bits per heavy atom. The molecule has 3 aromatic heterocycles. The summed E-state index contributed by atoms with van der Waals surface area (Å²) in [4.78, 5) is 30.8. The number of ether oxygens (including phenoxy) is 1. The van der Waals surface area contributed by atoms with E-state index in [4.69, 9.17) is 22.1 Å². The Labute approximate surface area is 223 Å². The molecule has 1 atom stereocenters. The quantitative estimate of drug-likeness (QED) is 0.349. The second-order valence-corrected chi connectivity index (χ2v) is 10.5. The minimum atomic E-state index is -0.626. The number of carbonyl (C=O) groups is 1. The van der Waals surface area contributed by atoms with Gasteiger partial charge >= 0.3 is 0 Å². The Bertz CT molecular complexity index is 1430. The van der Waals surface area contributed by atoms with E-state index in [9.17, 15) is 9.90 Å². The van der Waals surface area contributed by atoms with Gasteiger partial charge in [-0.3, -0.25) is 19.1 Å². The van der Waals surface area contributed by atoms with Gasteiger partial charge in [-0.25, -0.2) is 4.98 Å². The lowest BCUT2D eigenvalue weighted by Gasteiger charge is -2.32. The lowest BCUT2D eigenvalue weighted by Crippen LogP contribution is -2.44. The fourth-order valence-electron chi connectivity index (χ4n) is 4.29. The fourth-order valence-corrected chi connectivity index (χ4v) is 5.50. The third kappa shape index (κ3) is 5.46. The molecule has 4 aromatic rings. The third-order valence-electron chi connectivity index (χ3n) is 6.44. The highest BCUT2D eigenvalue weighted by molar-refractivity contribution is 7.17. The first-order valence-corrected chi connectivity index (χ1v) is 13.1. The SMILES string of the molecule is CC(Oc1nc(-c2cnc3cnc(CN4CCN(C)CC4)cn23)sc1C(N)=O)c1ccc(CO)cc1Cl. The van der Waals surface area contributed by atoms with Crippen molar-refractivity contribution in [2.45, 2.75) is 26.2 Å². The van der Waals surface area contributed by atoms with Crippen molar-refractivity contribution in [2.24, 2.45) is 5.73 Å². The number of nitrogens with two attached hydrogens (primary N) is 1. The summed E-state index contributed by atoms with van der Waals surface area (Å²) in [5.74, 6) is -0.483. The molecule has 10 nitrogen and oxygen atoms in total. The molecule has 1 aromatic carbocycles. The van der Waals surface area contributed by atoms with E-state index in [0.717, 1.165) is 55.4 Å². The fraction of sp³-hybridized carbons (Fsp3) is 0.360. The van der Waals surface area contributed by atoms with Crippen LogP contribution in [0, 0.1) is 0 Å². The summed E-state index contributed by atoms with van der Waals surface area (Å²) in [6.07, 6.45) is 4.91. The number of amides is 1. The normalized spacial score (nSPS) is 15.8. The lowest BCUT2D eigenvalue weighted by atomic mass is 10.1. The number of primary amides is 1. The smallest absolute Gasteiger partial charge is 0.264 e. The maximum absolute atomic E-state index is 12.3. The van der Waals surface area contributed by atoms with Gasteiger partial charge in [-0.1, -0.05) is 23.7 Å². The average molecular weight is 542 g/mol. The minimum absolute atomic E-state index is 0.109. The van der Waals surface area contributed by atoms with Crippen LogP contribution in [0.4, 0.5) is 0 Å². The molecular weight excluding hydrogens is 514 g/mol. The van der Waals surface area contributed by atoms with Crippen molar-refractivity contribution in [3.8, 4) is 16.6 Å². The van der Waals surface area contributed by atoms with Crippen molar-refractivity contribution < 1.29 is 14.6 Å². The molecule has 1 saturated heterocycles. The molecule has 0 radical (unpaired) electrons. The molecule has 1 fully saturated rings. The van der Waals surface area contributed by atoms with Gasteiger partial charge in [0.15, 0.2) is 10.5 Å². The summed E-state index contributed by atoms with van der Waals surface area (Å²) in [5.41, 5.74) is 9.40. The molecule has 194 valence electrons. The summed E-state index contributed by atoms with van der Waals surface area (Å²) >= 11 is 7.55. The first-order valence-electron chi connectivity index (χ1n) is 11.9. The van der Waals surface area contributed by atoms with Gasteiger partial charge in [0.25, 0.3) is 5.91 Å². The largest absolute Gasteiger partial charge is 0.469 e. The number of aromatic nitrogens is 4. The van der Waals surface area contributed by atoms with Gasteiger partial charge in [0.2, 0.25) is 5.88 Å². The van der Waals surface area contributed by atoms with Gasteiger partial charge in [0.05, 0.1) is 24.7 Å². The number of imidazole rings is 1. The molecule has 0 aliphatic carbocycles. The number of likely N-dealkylation sites (N-methyl/N-ethyl adjacent to an activating group) is 1. The minimum Gasteiger partial charge on any atom is -0.469 e. The number of rotatable bonds is 8. The van der Waals surface area contributed by atoms with E-state index < -0.39 is 12.0 Å². The highest BCUT2D eigenvalue weighted by Crippen LogP contribution is 2.36. The monoisotopic (exact) mass is 541 g/mol. The molecule has 1 unspecified atom stereocenters. The molecule has 5 rings (SSSR count). The van der Waals surface area contributed by atoms with Crippen molar-refractivity contribution in [3.63, 3.8) is 0 Å². The first kappa shape index (κ1) is 25.6. The van der Waals surface area contributed by atoms with Gasteiger partial charge in [-0.2, -0.15) is 4.98 Å². The highest BCUT2D eigenvalue weighted by atomic mass is 35.5. The Morgan fingerprint density at radius 1 is 1.24 bits per heavy atom. The van der Waals surface area contributed by atoms with Crippen LogP contribution in [0.2, 0.25) is 5.02 Å². The van der Waals surface area contributed by atoms with E-state index in [1.54, 1.807) is 30.6 Å². The predicted octanol–water partition coefficient (Wildman–Crippen LogP) is 2.98. The van der Waals surface area contributed by atoms with Crippen LogP contribution in [0.5, 0.6) is 5.88 Å². The molecule has 1 aliphatic heterocycles. The number of aliphatic hydroxyl groups is 1. The molecule has 37 heavy (non-hydrogen) atoms. The molecule has 0 bridgehead atoms. The number of piperazine rings is 1. The topological polar surface area (TPSA) is 122 Å². The average Bonchev–Trinajstić information content (AvgIpc) is 3.49. The van der Waals surface area contributed by atoms with Gasteiger partial charge in [0, 0.05) is 49.5 Å². The zero-order valence-electron chi connectivity index (χ0n) is 20.6. The third-order valence-corrected chi connectivity index (χ3v) is 7.84. The molecule has 1 amide bonds. The number of halogens is 1. The van der Waals surface area contributed by atoms with Crippen LogP contribution in [0.3, 0.4) is 0 Å². The van der Waals surface area contributed by atoms with Gasteiger partial charge in [0.1, 0.15) is 16.8 Å². The molecule has 0 saturated carbocycles. The maximum Gasteiger partial charge on any atom is 0.264 e. The van der Waals surface area contributed by atoms with E-state index in [0.29, 0.717) is 26.8 Å². The lowest BCUT2D eigenvalue weighted by molar-refractivity contribution is 0.0997. The van der Waals surface area contributed by atoms with E-state index in [1.807, 2.05) is 17.5 Å². The molecule has 12 heteroatoms. The van der Waals surface area contributed by atoms with Crippen LogP contribution >= 0.6 is 22.9 Å². The van der Waals surface area contributed by atoms with E-state index in [2.05, 4.69) is 31.8 Å². The number of carbonyl (C=O) groups excluding carboxylic acids is 1. The molecule has 4 heterocycles. The molecule has 0 spiro atoms. The molecular formula is C25H28ClN7O3S. The predicted molar refractivity (Wildman–Crippen MR) is 142 cm³/mol. The summed E-state index contributed by atoms with van der Waals surface area (Å²) in [6.45, 7) is 6.50. The van der Waals surface area contributed by atoms with Crippen LogP contribution in [0.15, 0.2) is 36.8 Å². The van der Waals surface area contributed by atoms with Crippen LogP contribution in [-0.4, -0.2) is 73.4 Å². The number of fused-ring (bicyclic) bond motifs is 1. The Hall–Kier alpha value is -3.09. The second-order valence-electron chi connectivity index (χ2n) is 9.12. The van der Waals surface area contributed by atoms with Crippen LogP contribution in [0.1, 0.15) is 39.5 Å².